The van der Waals surface area contributed by atoms with Crippen LogP contribution < -0.4 is 10.1 Å². The number of allylic oxidation sites excluding steroid dienone is 1. The Labute approximate surface area is 252 Å². The van der Waals surface area contributed by atoms with Gasteiger partial charge >= 0.3 is 5.97 Å². The van der Waals surface area contributed by atoms with Crippen molar-refractivity contribution in [2.24, 2.45) is 0 Å². The van der Waals surface area contributed by atoms with Gasteiger partial charge in [0.2, 0.25) is 5.91 Å². The predicted octanol–water partition coefficient (Wildman–Crippen LogP) is 8.18. The summed E-state index contributed by atoms with van der Waals surface area (Å²) in [7, 11) is 0. The molecular weight excluding hydrogens is 536 g/mol. The molecular formula is C37H36N2O4. The van der Waals surface area contributed by atoms with E-state index in [2.05, 4.69) is 103 Å². The number of aryl methyl sites for hydroxylation is 2. The van der Waals surface area contributed by atoms with Gasteiger partial charge < -0.3 is 19.7 Å². The maximum absolute atomic E-state index is 13.0. The van der Waals surface area contributed by atoms with Gasteiger partial charge in [0, 0.05) is 29.6 Å². The van der Waals surface area contributed by atoms with Crippen molar-refractivity contribution >= 4 is 34.0 Å². The average Bonchev–Trinajstić information content (AvgIpc) is 3.41. The molecule has 43 heavy (non-hydrogen) atoms. The summed E-state index contributed by atoms with van der Waals surface area (Å²) in [6, 6.07) is 32.7. The molecule has 1 aromatic heterocycles. The van der Waals surface area contributed by atoms with Crippen LogP contribution >= 0.6 is 0 Å². The first-order chi connectivity index (χ1) is 20.8. The quantitative estimate of drug-likeness (QED) is 0.124. The number of amides is 1. The van der Waals surface area contributed by atoms with Gasteiger partial charge in [-0.05, 0) is 90.9 Å². The maximum atomic E-state index is 13.0. The minimum absolute atomic E-state index is 0.0274. The fourth-order valence-electron chi connectivity index (χ4n) is 5.44. The van der Waals surface area contributed by atoms with Crippen LogP contribution in [0.25, 0.3) is 16.5 Å². The standard InChI is InChI=1S/C37H36N2O4/c1-25-11-4-6-13-30(25)37(31-14-7-5-12-26(31)2)39-21-20-29-24-28(18-19-33(29)39)27(3)23-35(40)38-32-15-8-9-16-34(32)43-22-10-17-36(41)42/h4-9,11-16,18-21,23-24,37H,10,17,22H2,1-3H3,(H,38,40)(H,41,42)/b27-23+. The van der Waals surface area contributed by atoms with E-state index in [9.17, 15) is 9.59 Å². The number of carboxylic acid groups (broad SMARTS) is 1. The number of rotatable bonds is 11. The number of nitrogens with one attached hydrogen (secondary N) is 1. The van der Waals surface area contributed by atoms with Crippen molar-refractivity contribution in [2.75, 3.05) is 11.9 Å². The number of fused-ring (bicyclic) bond motifs is 1. The van der Waals surface area contributed by atoms with Crippen molar-refractivity contribution in [1.29, 1.82) is 0 Å². The number of carbonyl (C=O) groups is 2. The number of hydrogen-bond donors (Lipinski definition) is 2. The highest BCUT2D eigenvalue weighted by molar-refractivity contribution is 6.05. The molecule has 0 spiro atoms. The molecule has 0 saturated carbocycles. The number of carboxylic acids is 1. The van der Waals surface area contributed by atoms with Gasteiger partial charge in [-0.3, -0.25) is 9.59 Å². The third-order valence-corrected chi connectivity index (χ3v) is 7.71. The third-order valence-electron chi connectivity index (χ3n) is 7.71. The van der Waals surface area contributed by atoms with Crippen molar-refractivity contribution < 1.29 is 19.4 Å². The molecule has 1 amide bonds. The lowest BCUT2D eigenvalue weighted by molar-refractivity contribution is -0.137. The second kappa shape index (κ2) is 13.3. The Morgan fingerprint density at radius 2 is 1.53 bits per heavy atom. The Morgan fingerprint density at radius 3 is 2.21 bits per heavy atom. The summed E-state index contributed by atoms with van der Waals surface area (Å²) < 4.78 is 8.06. The summed E-state index contributed by atoms with van der Waals surface area (Å²) in [6.45, 7) is 6.50. The molecule has 6 heteroatoms. The first-order valence-electron chi connectivity index (χ1n) is 14.5. The van der Waals surface area contributed by atoms with E-state index in [1.165, 1.54) is 22.3 Å². The summed E-state index contributed by atoms with van der Waals surface area (Å²) in [5, 5.41) is 12.8. The van der Waals surface area contributed by atoms with E-state index < -0.39 is 5.97 Å². The van der Waals surface area contributed by atoms with E-state index in [0.717, 1.165) is 22.0 Å². The first-order valence-corrected chi connectivity index (χ1v) is 14.5. The number of anilines is 1. The Bertz CT molecular complexity index is 1750. The number of ether oxygens (including phenoxy) is 1. The number of aromatic nitrogens is 1. The van der Waals surface area contributed by atoms with Crippen molar-refractivity contribution in [1.82, 2.24) is 4.57 Å². The van der Waals surface area contributed by atoms with E-state index >= 15 is 0 Å². The van der Waals surface area contributed by atoms with Crippen LogP contribution in [0, 0.1) is 13.8 Å². The van der Waals surface area contributed by atoms with E-state index in [4.69, 9.17) is 9.84 Å². The van der Waals surface area contributed by atoms with Crippen LogP contribution in [0.4, 0.5) is 5.69 Å². The SMILES string of the molecule is C/C(=C\C(=O)Nc1ccccc1OCCCC(=O)O)c1ccc2c(ccn2C(c2ccccc2C)c2ccccc2C)c1. The number of benzene rings is 4. The highest BCUT2D eigenvalue weighted by atomic mass is 16.5. The van der Waals surface area contributed by atoms with Crippen LogP contribution in [0.2, 0.25) is 0 Å². The summed E-state index contributed by atoms with van der Waals surface area (Å²) in [5.41, 5.74) is 8.46. The van der Waals surface area contributed by atoms with Gasteiger partial charge in [-0.1, -0.05) is 66.7 Å². The fourth-order valence-corrected chi connectivity index (χ4v) is 5.44. The van der Waals surface area contributed by atoms with Crippen LogP contribution in [0.15, 0.2) is 109 Å². The predicted molar refractivity (Wildman–Crippen MR) is 173 cm³/mol. The van der Waals surface area contributed by atoms with Crippen molar-refractivity contribution in [3.8, 4) is 5.75 Å². The fraction of sp³-hybridized carbons (Fsp3) is 0.189. The molecule has 218 valence electrons. The summed E-state index contributed by atoms with van der Waals surface area (Å²) in [6.07, 6.45) is 4.15. The van der Waals surface area contributed by atoms with Crippen LogP contribution in [-0.2, 0) is 9.59 Å². The van der Waals surface area contributed by atoms with Gasteiger partial charge in [0.25, 0.3) is 0 Å². The molecule has 5 aromatic rings. The smallest absolute Gasteiger partial charge is 0.303 e. The van der Waals surface area contributed by atoms with Crippen LogP contribution in [0.5, 0.6) is 5.75 Å². The van der Waals surface area contributed by atoms with Crippen LogP contribution in [0.1, 0.15) is 53.6 Å². The van der Waals surface area contributed by atoms with Gasteiger partial charge in [-0.2, -0.15) is 0 Å². The molecule has 0 fully saturated rings. The van der Waals surface area contributed by atoms with Gasteiger partial charge in [-0.15, -0.1) is 0 Å². The minimum atomic E-state index is -0.863. The Hall–Kier alpha value is -5.10. The maximum Gasteiger partial charge on any atom is 0.303 e. The number of carbonyl (C=O) groups excluding carboxylic acids is 1. The molecule has 0 atom stereocenters. The highest BCUT2D eigenvalue weighted by Crippen LogP contribution is 2.35. The van der Waals surface area contributed by atoms with Gasteiger partial charge in [0.15, 0.2) is 0 Å². The Kier molecular flexibility index (Phi) is 9.06. The Morgan fingerprint density at radius 1 is 0.884 bits per heavy atom. The lowest BCUT2D eigenvalue weighted by Crippen LogP contribution is -2.14. The molecule has 0 aliphatic carbocycles. The van der Waals surface area contributed by atoms with E-state index in [0.29, 0.717) is 17.9 Å². The molecule has 0 unspecified atom stereocenters. The molecule has 6 nitrogen and oxygen atoms in total. The van der Waals surface area contributed by atoms with Crippen LogP contribution in [-0.4, -0.2) is 28.2 Å². The zero-order valence-corrected chi connectivity index (χ0v) is 24.7. The lowest BCUT2D eigenvalue weighted by atomic mass is 9.92. The number of para-hydroxylation sites is 2. The molecule has 0 aliphatic rings. The number of aliphatic carboxylic acids is 1. The lowest BCUT2D eigenvalue weighted by Gasteiger charge is -2.25. The average molecular weight is 573 g/mol. The third kappa shape index (κ3) is 6.87. The minimum Gasteiger partial charge on any atom is -0.491 e. The van der Waals surface area contributed by atoms with Gasteiger partial charge in [-0.25, -0.2) is 0 Å². The van der Waals surface area contributed by atoms with E-state index in [1.807, 2.05) is 19.1 Å². The Balaban J connectivity index is 1.39. The normalized spacial score (nSPS) is 11.6. The zero-order valence-electron chi connectivity index (χ0n) is 24.7. The second-order valence-corrected chi connectivity index (χ2v) is 10.8. The molecule has 0 bridgehead atoms. The topological polar surface area (TPSA) is 80.6 Å². The summed E-state index contributed by atoms with van der Waals surface area (Å²) >= 11 is 0. The molecule has 5 rings (SSSR count). The van der Waals surface area contributed by atoms with Crippen LogP contribution in [0.3, 0.4) is 0 Å². The molecule has 4 aromatic carbocycles. The number of hydrogen-bond acceptors (Lipinski definition) is 3. The van der Waals surface area contributed by atoms with Crippen molar-refractivity contribution in [3.63, 3.8) is 0 Å². The van der Waals surface area contributed by atoms with Gasteiger partial charge in [0.1, 0.15) is 5.75 Å². The van der Waals surface area contributed by atoms with Crippen molar-refractivity contribution in [2.45, 2.75) is 39.7 Å². The highest BCUT2D eigenvalue weighted by Gasteiger charge is 2.21. The summed E-state index contributed by atoms with van der Waals surface area (Å²) in [4.78, 5) is 23.7. The molecule has 0 radical (unpaired) electrons. The largest absolute Gasteiger partial charge is 0.491 e. The second-order valence-electron chi connectivity index (χ2n) is 10.8. The van der Waals surface area contributed by atoms with E-state index in [1.54, 1.807) is 18.2 Å². The monoisotopic (exact) mass is 572 g/mol. The van der Waals surface area contributed by atoms with Gasteiger partial charge in [0.05, 0.1) is 18.3 Å². The molecule has 0 aliphatic heterocycles. The van der Waals surface area contributed by atoms with E-state index in [-0.39, 0.29) is 25.0 Å². The van der Waals surface area contributed by atoms with Crippen molar-refractivity contribution in [3.05, 3.63) is 137 Å². The zero-order chi connectivity index (χ0) is 30.3. The summed E-state index contributed by atoms with van der Waals surface area (Å²) in [5.74, 6) is -0.624. The first kappa shape index (κ1) is 29.4. The number of nitrogens with zero attached hydrogens (tertiary/aromatic N) is 1. The molecule has 0 saturated heterocycles. The molecule has 1 heterocycles. The molecule has 2 N–H and O–H groups in total.